The van der Waals surface area contributed by atoms with Gasteiger partial charge in [0.2, 0.25) is 0 Å². The lowest BCUT2D eigenvalue weighted by molar-refractivity contribution is -0.186. The molecule has 0 radical (unpaired) electrons. The van der Waals surface area contributed by atoms with Gasteiger partial charge in [0.05, 0.1) is 12.2 Å². The van der Waals surface area contributed by atoms with Gasteiger partial charge in [0, 0.05) is 0 Å². The second-order valence-corrected chi connectivity index (χ2v) is 8.85. The predicted molar refractivity (Wildman–Crippen MR) is 90.3 cm³/mol. The van der Waals surface area contributed by atoms with E-state index in [-0.39, 0.29) is 23.0 Å². The fourth-order valence-electron chi connectivity index (χ4n) is 6.25. The van der Waals surface area contributed by atoms with Crippen molar-refractivity contribution >= 4 is 0 Å². The number of fused-ring (bicyclic) bond motifs is 3. The van der Waals surface area contributed by atoms with E-state index in [0.717, 1.165) is 25.7 Å². The normalized spacial score (nSPS) is 50.5. The minimum absolute atomic E-state index is 0.107. The highest BCUT2D eigenvalue weighted by molar-refractivity contribution is 5.26. The van der Waals surface area contributed by atoms with Crippen LogP contribution in [-0.2, 0) is 0 Å². The first-order valence-corrected chi connectivity index (χ1v) is 8.92. The van der Waals surface area contributed by atoms with E-state index < -0.39 is 0 Å². The SMILES string of the molecule is C=CC1=CC[C@@H]2[C@H]([C@H](O)C[C@@H]3C(C)(C)[C@H](O)CC[C@@]23C)[C@@H]1C. The van der Waals surface area contributed by atoms with Crippen LogP contribution in [-0.4, -0.2) is 22.4 Å². The molecule has 0 aromatic carbocycles. The molecule has 2 saturated carbocycles. The van der Waals surface area contributed by atoms with Gasteiger partial charge in [0.25, 0.3) is 0 Å². The maximum Gasteiger partial charge on any atom is 0.0594 e. The van der Waals surface area contributed by atoms with E-state index in [4.69, 9.17) is 0 Å². The Labute approximate surface area is 135 Å². The highest BCUT2D eigenvalue weighted by Crippen LogP contribution is 2.64. The molecule has 2 nitrogen and oxygen atoms in total. The van der Waals surface area contributed by atoms with Crippen molar-refractivity contribution in [2.75, 3.05) is 0 Å². The summed E-state index contributed by atoms with van der Waals surface area (Å²) in [5, 5.41) is 21.4. The zero-order chi connectivity index (χ0) is 16.3. The van der Waals surface area contributed by atoms with Crippen molar-refractivity contribution < 1.29 is 10.2 Å². The van der Waals surface area contributed by atoms with E-state index in [1.807, 2.05) is 6.08 Å². The lowest BCUT2D eigenvalue weighted by Gasteiger charge is -2.63. The summed E-state index contributed by atoms with van der Waals surface area (Å²) in [5.74, 6) is 1.64. The molecule has 0 heterocycles. The van der Waals surface area contributed by atoms with Gasteiger partial charge in [-0.3, -0.25) is 0 Å². The Hall–Kier alpha value is -0.600. The van der Waals surface area contributed by atoms with Gasteiger partial charge in [0.15, 0.2) is 0 Å². The van der Waals surface area contributed by atoms with Gasteiger partial charge in [-0.15, -0.1) is 0 Å². The Morgan fingerprint density at radius 1 is 1.27 bits per heavy atom. The minimum atomic E-state index is -0.258. The van der Waals surface area contributed by atoms with Gasteiger partial charge < -0.3 is 10.2 Å². The number of rotatable bonds is 1. The van der Waals surface area contributed by atoms with E-state index in [0.29, 0.717) is 23.7 Å². The minimum Gasteiger partial charge on any atom is -0.393 e. The van der Waals surface area contributed by atoms with Crippen molar-refractivity contribution in [1.82, 2.24) is 0 Å². The van der Waals surface area contributed by atoms with Crippen molar-refractivity contribution in [3.05, 3.63) is 24.3 Å². The zero-order valence-electron chi connectivity index (χ0n) is 14.5. The van der Waals surface area contributed by atoms with Crippen LogP contribution in [0.25, 0.3) is 0 Å². The maximum atomic E-state index is 10.9. The highest BCUT2D eigenvalue weighted by atomic mass is 16.3. The summed E-state index contributed by atoms with van der Waals surface area (Å²) < 4.78 is 0. The molecule has 0 amide bonds. The summed E-state index contributed by atoms with van der Waals surface area (Å²) in [5.41, 5.74) is 1.42. The van der Waals surface area contributed by atoms with Crippen LogP contribution < -0.4 is 0 Å². The fraction of sp³-hybridized carbons (Fsp3) is 0.800. The molecule has 7 atom stereocenters. The number of hydrogen-bond donors (Lipinski definition) is 2. The van der Waals surface area contributed by atoms with Crippen molar-refractivity contribution in [3.8, 4) is 0 Å². The fourth-order valence-corrected chi connectivity index (χ4v) is 6.25. The summed E-state index contributed by atoms with van der Waals surface area (Å²) in [6.45, 7) is 13.0. The Balaban J connectivity index is 2.02. The van der Waals surface area contributed by atoms with Crippen molar-refractivity contribution in [2.45, 2.75) is 65.6 Å². The van der Waals surface area contributed by atoms with Crippen LogP contribution in [0.2, 0.25) is 0 Å². The van der Waals surface area contributed by atoms with Gasteiger partial charge in [-0.25, -0.2) is 0 Å². The van der Waals surface area contributed by atoms with Gasteiger partial charge >= 0.3 is 0 Å². The van der Waals surface area contributed by atoms with E-state index in [1.54, 1.807) is 0 Å². The van der Waals surface area contributed by atoms with Crippen molar-refractivity contribution in [1.29, 1.82) is 0 Å². The van der Waals surface area contributed by atoms with Crippen LogP contribution >= 0.6 is 0 Å². The van der Waals surface area contributed by atoms with Crippen LogP contribution in [0.1, 0.15) is 53.4 Å². The average Bonchev–Trinajstić information content (AvgIpc) is 2.47. The standard InChI is InChI=1S/C20H32O2/c1-6-13-7-8-14-18(12(13)2)15(21)11-16-19(3,4)17(22)9-10-20(14,16)5/h6-7,12,14-18,21-22H,1,8-11H2,2-5H3/t12-,14-,15-,16-,17-,18-,20+/m1/s1. The van der Waals surface area contributed by atoms with Crippen LogP contribution in [0.4, 0.5) is 0 Å². The molecular formula is C20H32O2. The molecule has 0 bridgehead atoms. The molecule has 2 heteroatoms. The van der Waals surface area contributed by atoms with Crippen LogP contribution in [0.5, 0.6) is 0 Å². The molecular weight excluding hydrogens is 272 g/mol. The number of aliphatic hydroxyl groups is 2. The van der Waals surface area contributed by atoms with E-state index in [2.05, 4.69) is 40.3 Å². The maximum absolute atomic E-state index is 10.9. The van der Waals surface area contributed by atoms with Gasteiger partial charge in [0.1, 0.15) is 0 Å². The summed E-state index contributed by atoms with van der Waals surface area (Å²) >= 11 is 0. The summed E-state index contributed by atoms with van der Waals surface area (Å²) in [4.78, 5) is 0. The number of hydrogen-bond acceptors (Lipinski definition) is 2. The molecule has 0 aromatic rings. The molecule has 3 aliphatic rings. The largest absolute Gasteiger partial charge is 0.393 e. The van der Waals surface area contributed by atoms with Crippen LogP contribution in [0.3, 0.4) is 0 Å². The van der Waals surface area contributed by atoms with Crippen LogP contribution in [0, 0.1) is 34.5 Å². The van der Waals surface area contributed by atoms with Crippen LogP contribution in [0.15, 0.2) is 24.3 Å². The molecule has 0 spiro atoms. The molecule has 3 aliphatic carbocycles. The zero-order valence-corrected chi connectivity index (χ0v) is 14.5. The molecule has 0 unspecified atom stereocenters. The van der Waals surface area contributed by atoms with E-state index >= 15 is 0 Å². The van der Waals surface area contributed by atoms with Crippen molar-refractivity contribution in [3.63, 3.8) is 0 Å². The number of aliphatic hydroxyl groups excluding tert-OH is 2. The Morgan fingerprint density at radius 3 is 2.59 bits per heavy atom. The first kappa shape index (κ1) is 16.3. The summed E-state index contributed by atoms with van der Waals surface area (Å²) in [7, 11) is 0. The third-order valence-corrected chi connectivity index (χ3v) is 7.69. The van der Waals surface area contributed by atoms with Gasteiger partial charge in [-0.1, -0.05) is 46.4 Å². The predicted octanol–water partition coefficient (Wildman–Crippen LogP) is 3.94. The second kappa shape index (κ2) is 5.21. The highest BCUT2D eigenvalue weighted by Gasteiger charge is 2.60. The van der Waals surface area contributed by atoms with Gasteiger partial charge in [-0.2, -0.15) is 0 Å². The Morgan fingerprint density at radius 2 is 1.95 bits per heavy atom. The second-order valence-electron chi connectivity index (χ2n) is 8.85. The number of allylic oxidation sites excluding steroid dienone is 3. The lowest BCUT2D eigenvalue weighted by Crippen LogP contribution is -2.60. The summed E-state index contributed by atoms with van der Waals surface area (Å²) in [6.07, 6.45) is 7.67. The van der Waals surface area contributed by atoms with Crippen molar-refractivity contribution in [2.24, 2.45) is 34.5 Å². The molecule has 3 rings (SSSR count). The average molecular weight is 304 g/mol. The Bertz CT molecular complexity index is 492. The first-order valence-electron chi connectivity index (χ1n) is 8.92. The third-order valence-electron chi connectivity index (χ3n) is 7.69. The topological polar surface area (TPSA) is 40.5 Å². The molecule has 2 N–H and O–H groups in total. The monoisotopic (exact) mass is 304 g/mol. The van der Waals surface area contributed by atoms with Gasteiger partial charge in [-0.05, 0) is 65.8 Å². The third kappa shape index (κ3) is 2.06. The quantitative estimate of drug-likeness (QED) is 0.770. The molecule has 22 heavy (non-hydrogen) atoms. The van der Waals surface area contributed by atoms with E-state index in [1.165, 1.54) is 5.57 Å². The van der Waals surface area contributed by atoms with E-state index in [9.17, 15) is 10.2 Å². The molecule has 0 aliphatic heterocycles. The lowest BCUT2D eigenvalue weighted by atomic mass is 9.43. The molecule has 0 aromatic heterocycles. The first-order chi connectivity index (χ1) is 10.2. The molecule has 124 valence electrons. The molecule has 2 fully saturated rings. The Kier molecular flexibility index (Phi) is 3.85. The summed E-state index contributed by atoms with van der Waals surface area (Å²) in [6, 6.07) is 0. The molecule has 0 saturated heterocycles. The smallest absolute Gasteiger partial charge is 0.0594 e.